The molecule has 53 heavy (non-hydrogen) atoms. The Bertz CT molecular complexity index is 1060. The van der Waals surface area contributed by atoms with Gasteiger partial charge in [-0.3, -0.25) is 24.5 Å². The summed E-state index contributed by atoms with van der Waals surface area (Å²) in [4.78, 5) is 52.0. The van der Waals surface area contributed by atoms with Crippen LogP contribution in [0.25, 0.3) is 0 Å². The number of carboxylic acid groups (broad SMARTS) is 2. The number of aliphatic carboxylic acids is 2. The fourth-order valence-corrected chi connectivity index (χ4v) is 7.09. The van der Waals surface area contributed by atoms with Gasteiger partial charge in [-0.25, -0.2) is 0 Å². The molecule has 0 spiro atoms. The van der Waals surface area contributed by atoms with E-state index in [2.05, 4.69) is 43.5 Å². The number of unbranched alkanes of at least 4 members (excludes halogenated alkanes) is 22. The molecule has 0 aliphatic heterocycles. The lowest BCUT2D eigenvalue weighted by atomic mass is 9.65. The highest BCUT2D eigenvalue weighted by atomic mass is 16.4. The van der Waals surface area contributed by atoms with Crippen LogP contribution in [0.1, 0.15) is 214 Å². The van der Waals surface area contributed by atoms with E-state index in [1.54, 1.807) is 0 Å². The molecule has 0 aliphatic rings. The van der Waals surface area contributed by atoms with Gasteiger partial charge in [-0.15, -0.1) is 0 Å². The van der Waals surface area contributed by atoms with E-state index >= 15 is 0 Å². The van der Waals surface area contributed by atoms with Crippen molar-refractivity contribution in [3.8, 4) is 0 Å². The lowest BCUT2D eigenvalue weighted by Crippen LogP contribution is -2.65. The van der Waals surface area contributed by atoms with Crippen LogP contribution >= 0.6 is 0 Å². The molecule has 0 aliphatic carbocycles. The summed E-state index contributed by atoms with van der Waals surface area (Å²) < 4.78 is 0. The number of allylic oxidation sites excluding steroid dienone is 4. The summed E-state index contributed by atoms with van der Waals surface area (Å²) in [5, 5.41) is 34.7. The van der Waals surface area contributed by atoms with Crippen molar-refractivity contribution in [2.24, 2.45) is 10.8 Å². The van der Waals surface area contributed by atoms with E-state index in [0.29, 0.717) is 12.8 Å². The van der Waals surface area contributed by atoms with Crippen LogP contribution in [0.3, 0.4) is 0 Å². The van der Waals surface area contributed by atoms with Crippen LogP contribution in [0.2, 0.25) is 0 Å². The number of carbonyl (C=O) groups is 4. The molecule has 0 aromatic carbocycles. The maximum Gasteiger partial charge on any atom is 0.321 e. The van der Waals surface area contributed by atoms with Crippen LogP contribution in [0, 0.1) is 10.8 Å². The Morgan fingerprint density at radius 1 is 0.491 bits per heavy atom. The fourth-order valence-electron chi connectivity index (χ4n) is 7.09. The van der Waals surface area contributed by atoms with Gasteiger partial charge in [0, 0.05) is 19.3 Å². The number of hydrogen-bond acceptors (Lipinski definition) is 6. The number of rotatable bonds is 38. The Morgan fingerprint density at radius 3 is 1.13 bits per heavy atom. The van der Waals surface area contributed by atoms with Crippen molar-refractivity contribution >= 4 is 23.5 Å². The second-order valence-corrected chi connectivity index (χ2v) is 15.9. The molecule has 0 saturated carbocycles. The zero-order chi connectivity index (χ0) is 39.9. The second kappa shape index (κ2) is 30.9. The van der Waals surface area contributed by atoms with Crippen molar-refractivity contribution in [1.82, 2.24) is 5.32 Å². The molecule has 0 saturated heterocycles. The van der Waals surface area contributed by atoms with Gasteiger partial charge in [0.2, 0.25) is 0 Å². The Hall–Kier alpha value is -2.32. The van der Waals surface area contributed by atoms with E-state index in [1.165, 1.54) is 91.0 Å². The van der Waals surface area contributed by atoms with Crippen molar-refractivity contribution in [2.75, 3.05) is 7.05 Å². The second-order valence-electron chi connectivity index (χ2n) is 15.9. The van der Waals surface area contributed by atoms with Gasteiger partial charge in [0.15, 0.2) is 11.2 Å². The third-order valence-electron chi connectivity index (χ3n) is 11.3. The average molecular weight is 748 g/mol. The molecule has 4 N–H and O–H groups in total. The zero-order valence-electron chi connectivity index (χ0n) is 34.8. The molecule has 0 bridgehead atoms. The van der Waals surface area contributed by atoms with Crippen molar-refractivity contribution in [3.05, 3.63) is 24.3 Å². The van der Waals surface area contributed by atoms with E-state index < -0.39 is 46.5 Å². The minimum Gasteiger partial charge on any atom is -0.481 e. The van der Waals surface area contributed by atoms with Crippen LogP contribution in [-0.2, 0) is 19.2 Å². The lowest BCUT2D eigenvalue weighted by Gasteiger charge is -2.44. The summed E-state index contributed by atoms with van der Waals surface area (Å²) in [5.74, 6) is -4.25. The van der Waals surface area contributed by atoms with Gasteiger partial charge in [0.05, 0.1) is 0 Å². The predicted molar refractivity (Wildman–Crippen MR) is 219 cm³/mol. The van der Waals surface area contributed by atoms with Gasteiger partial charge in [-0.05, 0) is 85.1 Å². The van der Waals surface area contributed by atoms with Gasteiger partial charge >= 0.3 is 11.9 Å². The monoisotopic (exact) mass is 748 g/mol. The molecular weight excluding hydrogens is 666 g/mol. The first-order valence-corrected chi connectivity index (χ1v) is 21.6. The van der Waals surface area contributed by atoms with E-state index in [9.17, 15) is 34.5 Å². The Morgan fingerprint density at radius 2 is 0.811 bits per heavy atom. The van der Waals surface area contributed by atoms with Crippen LogP contribution in [0.4, 0.5) is 0 Å². The normalized spacial score (nSPS) is 15.4. The molecule has 0 aromatic rings. The number of aliphatic hydroxyl groups is 1. The highest BCUT2D eigenvalue weighted by Crippen LogP contribution is 2.42. The van der Waals surface area contributed by atoms with Crippen LogP contribution in [0.15, 0.2) is 24.3 Å². The summed E-state index contributed by atoms with van der Waals surface area (Å²) in [6.07, 6.45) is 36.8. The molecule has 3 unspecified atom stereocenters. The number of carboxylic acids is 2. The molecule has 8 nitrogen and oxygen atoms in total. The van der Waals surface area contributed by atoms with Crippen molar-refractivity contribution in [3.63, 3.8) is 0 Å². The van der Waals surface area contributed by atoms with Crippen molar-refractivity contribution in [2.45, 2.75) is 220 Å². The van der Waals surface area contributed by atoms with Gasteiger partial charge in [0.1, 0.15) is 16.9 Å². The molecule has 8 heteroatoms. The Balaban J connectivity index is 4.77. The highest BCUT2D eigenvalue weighted by Gasteiger charge is 2.61. The van der Waals surface area contributed by atoms with Crippen molar-refractivity contribution in [1.29, 1.82) is 0 Å². The summed E-state index contributed by atoms with van der Waals surface area (Å²) in [6, 6.07) is 0. The molecule has 0 fully saturated rings. The molecule has 0 aromatic heterocycles. The smallest absolute Gasteiger partial charge is 0.321 e. The first-order valence-electron chi connectivity index (χ1n) is 21.6. The van der Waals surface area contributed by atoms with E-state index in [-0.39, 0.29) is 12.8 Å². The molecule has 0 rings (SSSR count). The number of carbonyl (C=O) groups excluding carboxylic acids is 2. The molecule has 0 heterocycles. The molecule has 0 radical (unpaired) electrons. The molecule has 308 valence electrons. The van der Waals surface area contributed by atoms with Gasteiger partial charge in [0.25, 0.3) is 0 Å². The first kappa shape index (κ1) is 50.7. The third-order valence-corrected chi connectivity index (χ3v) is 11.3. The Kier molecular flexibility index (Phi) is 29.6. The maximum absolute atomic E-state index is 13.5. The summed E-state index contributed by atoms with van der Waals surface area (Å²) >= 11 is 0. The molecule has 0 amide bonds. The largest absolute Gasteiger partial charge is 0.481 e. The van der Waals surface area contributed by atoms with E-state index in [4.69, 9.17) is 0 Å². The fraction of sp³-hybridized carbons (Fsp3) is 0.822. The average Bonchev–Trinajstić information content (AvgIpc) is 3.13. The third kappa shape index (κ3) is 20.8. The highest BCUT2D eigenvalue weighted by molar-refractivity contribution is 6.05. The van der Waals surface area contributed by atoms with Gasteiger partial charge in [-0.1, -0.05) is 141 Å². The minimum absolute atomic E-state index is 0.00734. The van der Waals surface area contributed by atoms with E-state index in [1.807, 2.05) is 0 Å². The predicted octanol–water partition coefficient (Wildman–Crippen LogP) is 11.7. The maximum atomic E-state index is 13.5. The summed E-state index contributed by atoms with van der Waals surface area (Å²) in [5.41, 5.74) is -6.87. The van der Waals surface area contributed by atoms with E-state index in [0.717, 1.165) is 84.0 Å². The van der Waals surface area contributed by atoms with Crippen molar-refractivity contribution < 1.29 is 34.5 Å². The lowest BCUT2D eigenvalue weighted by molar-refractivity contribution is -0.188. The summed E-state index contributed by atoms with van der Waals surface area (Å²) in [6.45, 7) is 6.83. The van der Waals surface area contributed by atoms with Crippen LogP contribution < -0.4 is 5.32 Å². The quantitative estimate of drug-likeness (QED) is 0.0212. The van der Waals surface area contributed by atoms with Crippen LogP contribution in [0.5, 0.6) is 0 Å². The molecular formula is C45H81NO7. The SMILES string of the molecule is CCCCCCCCC=CCCCCCCCC(=O)C(C)(CC(O)(NC)C(C)(C(=O)O)C(=O)CCCCCCCC=CCCCCCCCC)C(=O)O. The van der Waals surface area contributed by atoms with Crippen LogP contribution in [-0.4, -0.2) is 51.6 Å². The molecule has 3 atom stereocenters. The number of ketones is 2. The standard InChI is InChI=1S/C45H81NO7/c1-6-8-10-12-14-16-18-20-22-24-26-28-30-32-34-36-39(47)43(3,41(49)50)38-45(53,46-5)44(4,42(51)52)40(48)37-35-33-31-29-27-25-23-21-19-17-15-13-11-9-7-2/h20-23,46,53H,6-19,24-38H2,1-5H3,(H,49,50)(H,51,52). The summed E-state index contributed by atoms with van der Waals surface area (Å²) in [7, 11) is 1.30. The van der Waals surface area contributed by atoms with Gasteiger partial charge < -0.3 is 15.3 Å². The number of Topliss-reactive ketones (excluding diaryl/α,β-unsaturated/α-hetero) is 2. The zero-order valence-corrected chi connectivity index (χ0v) is 34.8. The topological polar surface area (TPSA) is 141 Å². The number of hydrogen-bond donors (Lipinski definition) is 4. The first-order chi connectivity index (χ1) is 25.4. The number of nitrogens with one attached hydrogen (secondary N) is 1. The van der Waals surface area contributed by atoms with Gasteiger partial charge in [-0.2, -0.15) is 0 Å². The Labute approximate surface area is 324 Å². The minimum atomic E-state index is -2.46.